The van der Waals surface area contributed by atoms with Crippen molar-refractivity contribution in [2.75, 3.05) is 30.4 Å². The van der Waals surface area contributed by atoms with E-state index in [9.17, 15) is 10.1 Å². The lowest BCUT2D eigenvalue weighted by Crippen LogP contribution is -2.30. The summed E-state index contributed by atoms with van der Waals surface area (Å²) in [5, 5.41) is 14.2. The Hall–Kier alpha value is -2.90. The molecule has 1 saturated heterocycles. The zero-order valence-electron chi connectivity index (χ0n) is 14.1. The van der Waals surface area contributed by atoms with Gasteiger partial charge in [-0.3, -0.25) is 10.1 Å². The molecule has 0 unspecified atom stereocenters. The van der Waals surface area contributed by atoms with Crippen molar-refractivity contribution < 1.29 is 9.66 Å². The molecule has 2 heterocycles. The van der Waals surface area contributed by atoms with E-state index >= 15 is 0 Å². The van der Waals surface area contributed by atoms with E-state index in [0.29, 0.717) is 23.7 Å². The lowest BCUT2D eigenvalue weighted by Gasteiger charge is -2.27. The minimum Gasteiger partial charge on any atom is -0.496 e. The third kappa shape index (κ3) is 4.14. The number of nitrogens with one attached hydrogen (secondary N) is 1. The number of nitro groups is 1. The number of hydrogen-bond donors (Lipinski definition) is 1. The molecular weight excluding hydrogens is 322 g/mol. The number of nitrogens with zero attached hydrogens (tertiary/aromatic N) is 4. The van der Waals surface area contributed by atoms with Crippen LogP contribution < -0.4 is 15.0 Å². The van der Waals surface area contributed by atoms with Gasteiger partial charge >= 0.3 is 0 Å². The Kier molecular flexibility index (Phi) is 5.27. The van der Waals surface area contributed by atoms with Crippen molar-refractivity contribution in [2.24, 2.45) is 0 Å². The van der Waals surface area contributed by atoms with E-state index in [2.05, 4.69) is 20.2 Å². The molecule has 1 aliphatic heterocycles. The fourth-order valence-electron chi connectivity index (χ4n) is 2.94. The molecule has 0 saturated carbocycles. The Morgan fingerprint density at radius 2 is 2.04 bits per heavy atom. The summed E-state index contributed by atoms with van der Waals surface area (Å²) in [5.74, 6) is 2.19. The van der Waals surface area contributed by atoms with E-state index in [1.165, 1.54) is 37.7 Å². The Bertz CT molecular complexity index is 747. The highest BCUT2D eigenvalue weighted by Gasteiger charge is 2.14. The Balaban J connectivity index is 1.73. The topological polar surface area (TPSA) is 93.4 Å². The van der Waals surface area contributed by atoms with Gasteiger partial charge in [0.2, 0.25) is 0 Å². The van der Waals surface area contributed by atoms with Crippen molar-refractivity contribution in [3.8, 4) is 5.75 Å². The number of nitro benzene ring substituents is 1. The Morgan fingerprint density at radius 1 is 1.24 bits per heavy atom. The second-order valence-electron chi connectivity index (χ2n) is 5.92. The molecule has 1 aliphatic rings. The zero-order chi connectivity index (χ0) is 17.6. The molecule has 0 amide bonds. The number of aromatic nitrogens is 2. The number of piperidine rings is 1. The smallest absolute Gasteiger partial charge is 0.270 e. The maximum absolute atomic E-state index is 11.0. The summed E-state index contributed by atoms with van der Waals surface area (Å²) in [6, 6.07) is 6.46. The van der Waals surface area contributed by atoms with Gasteiger partial charge in [-0.1, -0.05) is 0 Å². The normalized spacial score (nSPS) is 14.2. The van der Waals surface area contributed by atoms with Crippen LogP contribution in [0.15, 0.2) is 30.6 Å². The van der Waals surface area contributed by atoms with Crippen molar-refractivity contribution in [1.82, 2.24) is 9.97 Å². The second kappa shape index (κ2) is 7.78. The van der Waals surface area contributed by atoms with E-state index < -0.39 is 4.92 Å². The van der Waals surface area contributed by atoms with Crippen molar-refractivity contribution >= 4 is 17.3 Å². The molecule has 1 aromatic heterocycles. The first-order valence-corrected chi connectivity index (χ1v) is 8.29. The van der Waals surface area contributed by atoms with Gasteiger partial charge in [0.25, 0.3) is 5.69 Å². The third-order valence-electron chi connectivity index (χ3n) is 4.27. The van der Waals surface area contributed by atoms with Crippen LogP contribution in [-0.2, 0) is 6.54 Å². The molecule has 25 heavy (non-hydrogen) atoms. The molecule has 1 fully saturated rings. The molecule has 8 heteroatoms. The number of ether oxygens (including phenoxy) is 1. The van der Waals surface area contributed by atoms with Gasteiger partial charge in [0.1, 0.15) is 23.7 Å². The van der Waals surface area contributed by atoms with Crippen LogP contribution >= 0.6 is 0 Å². The average molecular weight is 343 g/mol. The lowest BCUT2D eigenvalue weighted by molar-refractivity contribution is -0.384. The predicted molar refractivity (Wildman–Crippen MR) is 95.1 cm³/mol. The van der Waals surface area contributed by atoms with Crippen molar-refractivity contribution in [3.63, 3.8) is 0 Å². The highest BCUT2D eigenvalue weighted by atomic mass is 16.6. The number of rotatable bonds is 6. The average Bonchev–Trinajstić information content (AvgIpc) is 2.67. The number of methoxy groups -OCH3 is 1. The minimum atomic E-state index is -0.415. The predicted octanol–water partition coefficient (Wildman–Crippen LogP) is 3.00. The largest absolute Gasteiger partial charge is 0.496 e. The number of hydrogen-bond acceptors (Lipinski definition) is 7. The van der Waals surface area contributed by atoms with Crippen LogP contribution in [-0.4, -0.2) is 35.1 Å². The van der Waals surface area contributed by atoms with Crippen molar-refractivity contribution in [1.29, 1.82) is 0 Å². The summed E-state index contributed by atoms with van der Waals surface area (Å²) < 4.78 is 5.28. The third-order valence-corrected chi connectivity index (χ3v) is 4.27. The SMILES string of the molecule is COc1ccc([N+](=O)[O-])cc1CNc1cc(N2CCCCC2)ncn1. The zero-order valence-corrected chi connectivity index (χ0v) is 14.1. The lowest BCUT2D eigenvalue weighted by atomic mass is 10.1. The molecule has 0 bridgehead atoms. The van der Waals surface area contributed by atoms with E-state index in [4.69, 9.17) is 4.74 Å². The van der Waals surface area contributed by atoms with Crippen LogP contribution in [0.25, 0.3) is 0 Å². The van der Waals surface area contributed by atoms with E-state index in [1.807, 2.05) is 6.07 Å². The van der Waals surface area contributed by atoms with Gasteiger partial charge in [0.15, 0.2) is 0 Å². The van der Waals surface area contributed by atoms with Crippen LogP contribution in [0.5, 0.6) is 5.75 Å². The van der Waals surface area contributed by atoms with Crippen molar-refractivity contribution in [2.45, 2.75) is 25.8 Å². The number of benzene rings is 1. The summed E-state index contributed by atoms with van der Waals surface area (Å²) in [6.45, 7) is 2.39. The first-order chi connectivity index (χ1) is 12.2. The molecule has 1 N–H and O–H groups in total. The number of non-ortho nitro benzene ring substituents is 1. The fraction of sp³-hybridized carbons (Fsp3) is 0.412. The van der Waals surface area contributed by atoms with Crippen LogP contribution in [0.1, 0.15) is 24.8 Å². The van der Waals surface area contributed by atoms with Gasteiger partial charge in [-0.2, -0.15) is 0 Å². The van der Waals surface area contributed by atoms with Crippen molar-refractivity contribution in [3.05, 3.63) is 46.3 Å². The molecule has 0 aliphatic carbocycles. The number of anilines is 2. The summed E-state index contributed by atoms with van der Waals surface area (Å²) in [6.07, 6.45) is 5.16. The molecule has 132 valence electrons. The van der Waals surface area contributed by atoms with Gasteiger partial charge in [0.05, 0.1) is 12.0 Å². The van der Waals surface area contributed by atoms with Crippen LogP contribution in [0.3, 0.4) is 0 Å². The maximum atomic E-state index is 11.0. The fourth-order valence-corrected chi connectivity index (χ4v) is 2.94. The molecule has 0 spiro atoms. The standard InChI is InChI=1S/C17H21N5O3/c1-25-15-6-5-14(22(23)24)9-13(15)11-18-16-10-17(20-12-19-16)21-7-3-2-4-8-21/h5-6,9-10,12H,2-4,7-8,11H2,1H3,(H,18,19,20). The molecular formula is C17H21N5O3. The maximum Gasteiger partial charge on any atom is 0.270 e. The van der Waals surface area contributed by atoms with E-state index in [0.717, 1.165) is 18.9 Å². The quantitative estimate of drug-likeness (QED) is 0.636. The first-order valence-electron chi connectivity index (χ1n) is 8.29. The summed E-state index contributed by atoms with van der Waals surface area (Å²) >= 11 is 0. The van der Waals surface area contributed by atoms with E-state index in [-0.39, 0.29) is 5.69 Å². The molecule has 3 rings (SSSR count). The van der Waals surface area contributed by atoms with Crippen LogP contribution in [0, 0.1) is 10.1 Å². The van der Waals surface area contributed by atoms with Gasteiger partial charge in [-0.25, -0.2) is 9.97 Å². The Morgan fingerprint density at radius 3 is 2.76 bits per heavy atom. The second-order valence-corrected chi connectivity index (χ2v) is 5.92. The molecule has 0 radical (unpaired) electrons. The van der Waals surface area contributed by atoms with Crippen LogP contribution in [0.4, 0.5) is 17.3 Å². The first kappa shape index (κ1) is 16.9. The summed E-state index contributed by atoms with van der Waals surface area (Å²) in [4.78, 5) is 21.4. The monoisotopic (exact) mass is 343 g/mol. The molecule has 0 atom stereocenters. The molecule has 2 aromatic rings. The van der Waals surface area contributed by atoms with Gasteiger partial charge < -0.3 is 15.0 Å². The molecule has 8 nitrogen and oxygen atoms in total. The summed E-state index contributed by atoms with van der Waals surface area (Å²) in [5.41, 5.74) is 0.740. The van der Waals surface area contributed by atoms with Gasteiger partial charge in [0, 0.05) is 43.4 Å². The minimum absolute atomic E-state index is 0.0364. The highest BCUT2D eigenvalue weighted by molar-refractivity contribution is 5.50. The highest BCUT2D eigenvalue weighted by Crippen LogP contribution is 2.25. The summed E-state index contributed by atoms with van der Waals surface area (Å²) in [7, 11) is 1.55. The Labute approximate surface area is 146 Å². The van der Waals surface area contributed by atoms with Crippen LogP contribution in [0.2, 0.25) is 0 Å². The molecule has 1 aromatic carbocycles. The van der Waals surface area contributed by atoms with Gasteiger partial charge in [-0.05, 0) is 25.3 Å². The van der Waals surface area contributed by atoms with E-state index in [1.54, 1.807) is 13.2 Å². The van der Waals surface area contributed by atoms with Gasteiger partial charge in [-0.15, -0.1) is 0 Å².